The molecule has 1 unspecified atom stereocenters. The van der Waals surface area contributed by atoms with Gasteiger partial charge in [-0.1, -0.05) is 72.4 Å². The molecule has 0 amide bonds. The minimum atomic E-state index is -4.76. The molecule has 0 saturated carbocycles. The number of ether oxygens (including phenoxy) is 1. The number of rotatable bonds is 6. The molecule has 0 bridgehead atoms. The number of hydrogen-bond donors (Lipinski definition) is 0. The summed E-state index contributed by atoms with van der Waals surface area (Å²) in [4.78, 5) is 16.9. The topological polar surface area (TPSA) is 63.0 Å². The van der Waals surface area contributed by atoms with Crippen molar-refractivity contribution in [1.82, 2.24) is 4.98 Å². The summed E-state index contributed by atoms with van der Waals surface area (Å²) in [7, 11) is 0. The molecule has 0 aliphatic heterocycles. The maximum atomic E-state index is 13.8. The molecule has 158 valence electrons. The number of alkyl halides is 3. The normalized spacial score (nSPS) is 12.1. The van der Waals surface area contributed by atoms with Crippen LogP contribution in [0.15, 0.2) is 71.8 Å². The largest absolute Gasteiger partial charge is 0.465 e. The fourth-order valence-corrected chi connectivity index (χ4v) is 4.01. The molecular formula is C23H17F3N2O2S. The van der Waals surface area contributed by atoms with Gasteiger partial charge in [0.25, 0.3) is 0 Å². The first-order valence-electron chi connectivity index (χ1n) is 9.31. The number of benzene rings is 2. The van der Waals surface area contributed by atoms with E-state index in [1.807, 2.05) is 0 Å². The minimum Gasteiger partial charge on any atom is -0.465 e. The molecule has 0 spiro atoms. The third-order valence-corrected chi connectivity index (χ3v) is 5.52. The van der Waals surface area contributed by atoms with Crippen LogP contribution in [-0.4, -0.2) is 17.6 Å². The first-order chi connectivity index (χ1) is 14.8. The van der Waals surface area contributed by atoms with Crippen molar-refractivity contribution in [2.24, 2.45) is 0 Å². The van der Waals surface area contributed by atoms with Gasteiger partial charge in [0.2, 0.25) is 0 Å². The predicted octanol–water partition coefficient (Wildman–Crippen LogP) is 6.04. The van der Waals surface area contributed by atoms with Gasteiger partial charge in [-0.15, -0.1) is 0 Å². The minimum absolute atomic E-state index is 0.0603. The Bertz CT molecular complexity index is 1100. The zero-order chi connectivity index (χ0) is 22.4. The number of thioether (sulfide) groups is 1. The third-order valence-electron chi connectivity index (χ3n) is 4.31. The van der Waals surface area contributed by atoms with Crippen LogP contribution in [-0.2, 0) is 15.7 Å². The van der Waals surface area contributed by atoms with Crippen molar-refractivity contribution in [3.63, 3.8) is 0 Å². The number of halogens is 3. The Balaban J connectivity index is 2.17. The van der Waals surface area contributed by atoms with Gasteiger partial charge in [-0.05, 0) is 18.6 Å². The van der Waals surface area contributed by atoms with Crippen LogP contribution in [0.3, 0.4) is 0 Å². The fourth-order valence-electron chi connectivity index (χ4n) is 2.91. The van der Waals surface area contributed by atoms with Gasteiger partial charge in [0.05, 0.1) is 23.4 Å². The van der Waals surface area contributed by atoms with Crippen molar-refractivity contribution < 1.29 is 22.7 Å². The van der Waals surface area contributed by atoms with Gasteiger partial charge < -0.3 is 4.74 Å². The average molecular weight is 442 g/mol. The summed E-state index contributed by atoms with van der Waals surface area (Å²) in [5, 5.41) is 8.37. The Labute approximate surface area is 181 Å². The highest BCUT2D eigenvalue weighted by Crippen LogP contribution is 2.42. The molecule has 1 atom stereocenters. The Morgan fingerprint density at radius 2 is 1.74 bits per heavy atom. The molecular weight excluding hydrogens is 425 g/mol. The molecule has 3 aromatic rings. The number of hydrogen-bond acceptors (Lipinski definition) is 5. The molecule has 0 saturated heterocycles. The molecule has 31 heavy (non-hydrogen) atoms. The van der Waals surface area contributed by atoms with E-state index in [0.717, 1.165) is 17.8 Å². The number of nitrogens with zero attached hydrogens (tertiary/aromatic N) is 2. The number of pyridine rings is 1. The van der Waals surface area contributed by atoms with Crippen molar-refractivity contribution in [3.05, 3.63) is 83.4 Å². The van der Waals surface area contributed by atoms with E-state index < -0.39 is 28.5 Å². The fraction of sp³-hybridized carbons (Fsp3) is 0.174. The van der Waals surface area contributed by atoms with Crippen molar-refractivity contribution >= 4 is 17.7 Å². The number of aromatic nitrogens is 1. The van der Waals surface area contributed by atoms with E-state index in [1.165, 1.54) is 0 Å². The molecule has 0 fully saturated rings. The molecule has 0 N–H and O–H groups in total. The maximum absolute atomic E-state index is 13.8. The Morgan fingerprint density at radius 3 is 2.29 bits per heavy atom. The molecule has 0 aliphatic rings. The molecule has 0 radical (unpaired) electrons. The lowest BCUT2D eigenvalue weighted by Crippen LogP contribution is -2.15. The zero-order valence-electron chi connectivity index (χ0n) is 16.4. The van der Waals surface area contributed by atoms with Gasteiger partial charge in [-0.2, -0.15) is 18.4 Å². The van der Waals surface area contributed by atoms with E-state index in [2.05, 4.69) is 4.98 Å². The Kier molecular flexibility index (Phi) is 6.98. The quantitative estimate of drug-likeness (QED) is 0.344. The molecule has 3 rings (SSSR count). The summed E-state index contributed by atoms with van der Waals surface area (Å²) in [5.74, 6) is -0.622. The van der Waals surface area contributed by atoms with Crippen molar-refractivity contribution in [2.75, 3.05) is 6.61 Å². The second kappa shape index (κ2) is 9.67. The van der Waals surface area contributed by atoms with Gasteiger partial charge in [0.15, 0.2) is 0 Å². The second-order valence-electron chi connectivity index (χ2n) is 6.37. The van der Waals surface area contributed by atoms with Crippen molar-refractivity contribution in [1.29, 1.82) is 5.26 Å². The first-order valence-corrected chi connectivity index (χ1v) is 10.2. The first kappa shape index (κ1) is 22.4. The SMILES string of the molecule is CCOC(=O)C(Sc1nc(-c2ccccc2)cc(C(F)(F)F)c1C#N)c1ccccc1. The van der Waals surface area contributed by atoms with Crippen molar-refractivity contribution in [2.45, 2.75) is 23.4 Å². The summed E-state index contributed by atoms with van der Waals surface area (Å²) in [5.41, 5.74) is -0.656. The highest BCUT2D eigenvalue weighted by molar-refractivity contribution is 8.00. The lowest BCUT2D eigenvalue weighted by atomic mass is 10.1. The summed E-state index contributed by atoms with van der Waals surface area (Å²) in [6.07, 6.45) is -4.76. The van der Waals surface area contributed by atoms with Gasteiger partial charge in [-0.25, -0.2) is 4.98 Å². The molecule has 0 aliphatic carbocycles. The van der Waals surface area contributed by atoms with Crippen molar-refractivity contribution in [3.8, 4) is 17.3 Å². The number of esters is 1. The van der Waals surface area contributed by atoms with Crippen LogP contribution in [0.25, 0.3) is 11.3 Å². The van der Waals surface area contributed by atoms with Crippen LogP contribution in [0.4, 0.5) is 13.2 Å². The lowest BCUT2D eigenvalue weighted by molar-refractivity contribution is -0.142. The highest BCUT2D eigenvalue weighted by Gasteiger charge is 2.37. The number of carbonyl (C=O) groups is 1. The molecule has 2 aromatic carbocycles. The monoisotopic (exact) mass is 442 g/mol. The molecule has 8 heteroatoms. The predicted molar refractivity (Wildman–Crippen MR) is 111 cm³/mol. The summed E-state index contributed by atoms with van der Waals surface area (Å²) < 4.78 is 46.4. The van der Waals surface area contributed by atoms with Crippen LogP contribution in [0.5, 0.6) is 0 Å². The van der Waals surface area contributed by atoms with Crippen LogP contribution in [0, 0.1) is 11.3 Å². The van der Waals surface area contributed by atoms with Crippen LogP contribution in [0.1, 0.15) is 28.9 Å². The maximum Gasteiger partial charge on any atom is 0.417 e. The van der Waals surface area contributed by atoms with E-state index in [1.54, 1.807) is 73.7 Å². The highest BCUT2D eigenvalue weighted by atomic mass is 32.2. The van der Waals surface area contributed by atoms with Crippen LogP contribution < -0.4 is 0 Å². The number of carbonyl (C=O) groups excluding carboxylic acids is 1. The van der Waals surface area contributed by atoms with Gasteiger partial charge in [0, 0.05) is 5.56 Å². The number of nitriles is 1. The summed E-state index contributed by atoms with van der Waals surface area (Å²) in [6, 6.07) is 19.4. The van der Waals surface area contributed by atoms with Crippen LogP contribution >= 0.6 is 11.8 Å². The van der Waals surface area contributed by atoms with E-state index in [0.29, 0.717) is 11.1 Å². The zero-order valence-corrected chi connectivity index (χ0v) is 17.2. The molecule has 1 aromatic heterocycles. The Morgan fingerprint density at radius 1 is 1.13 bits per heavy atom. The van der Waals surface area contributed by atoms with Gasteiger partial charge >= 0.3 is 12.1 Å². The average Bonchev–Trinajstić information content (AvgIpc) is 2.77. The van der Waals surface area contributed by atoms with E-state index in [-0.39, 0.29) is 17.3 Å². The van der Waals surface area contributed by atoms with E-state index in [9.17, 15) is 23.2 Å². The van der Waals surface area contributed by atoms with Gasteiger partial charge in [0.1, 0.15) is 16.3 Å². The molecule has 1 heterocycles. The standard InChI is InChI=1S/C23H17F3N2O2S/c1-2-30-22(29)20(16-11-7-4-8-12-16)31-21-17(14-27)18(23(24,25)26)13-19(28-21)15-9-5-3-6-10-15/h3-13,20H,2H2,1H3. The summed E-state index contributed by atoms with van der Waals surface area (Å²) >= 11 is 0.772. The van der Waals surface area contributed by atoms with Crippen LogP contribution in [0.2, 0.25) is 0 Å². The lowest BCUT2D eigenvalue weighted by Gasteiger charge is -2.18. The summed E-state index contributed by atoms with van der Waals surface area (Å²) in [6.45, 7) is 1.75. The van der Waals surface area contributed by atoms with Gasteiger partial charge in [-0.3, -0.25) is 4.79 Å². The third kappa shape index (κ3) is 5.25. The second-order valence-corrected chi connectivity index (χ2v) is 7.47. The van der Waals surface area contributed by atoms with E-state index >= 15 is 0 Å². The smallest absolute Gasteiger partial charge is 0.417 e. The Hall–Kier alpha value is -3.31. The van der Waals surface area contributed by atoms with E-state index in [4.69, 9.17) is 4.74 Å². The molecule has 4 nitrogen and oxygen atoms in total.